The molecule has 10 rings (SSSR count). The molecule has 50 heavy (non-hydrogen) atoms. The third kappa shape index (κ3) is 4.38. The maximum absolute atomic E-state index is 2.44. The van der Waals surface area contributed by atoms with Gasteiger partial charge in [0.2, 0.25) is 0 Å². The zero-order valence-electron chi connectivity index (χ0n) is 28.6. The first-order valence-electron chi connectivity index (χ1n) is 17.7. The molecule has 0 aliphatic heterocycles. The molecule has 0 saturated heterocycles. The molecule has 0 spiro atoms. The lowest BCUT2D eigenvalue weighted by Crippen LogP contribution is -2.13. The number of fused-ring (bicyclic) bond motifs is 3. The third-order valence-corrected chi connectivity index (χ3v) is 10.9. The van der Waals surface area contributed by atoms with Crippen molar-refractivity contribution in [3.63, 3.8) is 0 Å². The summed E-state index contributed by atoms with van der Waals surface area (Å²) in [6, 6.07) is 61.2. The summed E-state index contributed by atoms with van der Waals surface area (Å²) in [5.74, 6) is 0. The Bertz CT molecular complexity index is 2920. The summed E-state index contributed by atoms with van der Waals surface area (Å²) in [7, 11) is 0. The molecule has 0 radical (unpaired) electrons. The van der Waals surface area contributed by atoms with Crippen molar-refractivity contribution in [3.05, 3.63) is 169 Å². The van der Waals surface area contributed by atoms with Crippen molar-refractivity contribution in [1.29, 1.82) is 0 Å². The summed E-state index contributed by atoms with van der Waals surface area (Å²) in [5, 5.41) is 15.7. The van der Waals surface area contributed by atoms with Crippen LogP contribution in [0.3, 0.4) is 0 Å². The van der Waals surface area contributed by atoms with Gasteiger partial charge in [0.1, 0.15) is 0 Å². The Hall–Kier alpha value is -5.98. The Morgan fingerprint density at radius 3 is 1.64 bits per heavy atom. The monoisotopic (exact) mass is 636 g/mol. The van der Waals surface area contributed by atoms with Crippen LogP contribution in [0.4, 0.5) is 0 Å². The summed E-state index contributed by atoms with van der Waals surface area (Å²) >= 11 is 0. The maximum atomic E-state index is 2.44. The van der Waals surface area contributed by atoms with Crippen molar-refractivity contribution in [2.75, 3.05) is 0 Å². The van der Waals surface area contributed by atoms with Crippen LogP contribution in [-0.2, 0) is 5.41 Å². The Morgan fingerprint density at radius 1 is 0.320 bits per heavy atom. The molecule has 0 bridgehead atoms. The van der Waals surface area contributed by atoms with E-state index in [1.165, 1.54) is 104 Å². The van der Waals surface area contributed by atoms with Crippen LogP contribution < -0.4 is 0 Å². The number of rotatable bonds is 3. The standard InChI is InChI=1S/C50H36/c1-50(2,3)49-44-14-7-6-13-41(44)47(39-22-17-31-9-4-5-10-37(31)29-39)43-28-25-38(30-45(43)49)32-15-18-33(19-16-32)40-26-23-36-21-20-34-11-8-12-35-24-27-42(40)48(36)46(34)35/h4-30H,1-3H3. The van der Waals surface area contributed by atoms with E-state index in [-0.39, 0.29) is 5.41 Å². The molecule has 10 aromatic rings. The number of hydrogen-bond donors (Lipinski definition) is 0. The quantitative estimate of drug-likeness (QED) is 0.134. The van der Waals surface area contributed by atoms with E-state index in [4.69, 9.17) is 0 Å². The van der Waals surface area contributed by atoms with Gasteiger partial charge < -0.3 is 0 Å². The Balaban J connectivity index is 1.15. The van der Waals surface area contributed by atoms with Crippen LogP contribution in [0.2, 0.25) is 0 Å². The van der Waals surface area contributed by atoms with Gasteiger partial charge in [-0.1, -0.05) is 172 Å². The second-order valence-corrected chi connectivity index (χ2v) is 14.9. The molecule has 0 N–H and O–H groups in total. The Kier molecular flexibility index (Phi) is 6.24. The van der Waals surface area contributed by atoms with Gasteiger partial charge in [0.25, 0.3) is 0 Å². The van der Waals surface area contributed by atoms with Gasteiger partial charge in [-0.15, -0.1) is 0 Å². The fraction of sp³-hybridized carbons (Fsp3) is 0.0800. The SMILES string of the molecule is CC(C)(C)c1c2ccccc2c(-c2ccc3ccccc3c2)c2ccc(-c3ccc(-c4ccc5ccc6cccc7ccc4c5c67)cc3)cc12. The highest BCUT2D eigenvalue weighted by atomic mass is 14.3. The molecule has 0 saturated carbocycles. The molecule has 0 aromatic heterocycles. The van der Waals surface area contributed by atoms with Crippen molar-refractivity contribution in [3.8, 4) is 33.4 Å². The molecular formula is C50H36. The molecule has 0 nitrogen and oxygen atoms in total. The van der Waals surface area contributed by atoms with Gasteiger partial charge >= 0.3 is 0 Å². The van der Waals surface area contributed by atoms with Gasteiger partial charge in [-0.2, -0.15) is 0 Å². The molecule has 0 atom stereocenters. The number of hydrogen-bond acceptors (Lipinski definition) is 0. The van der Waals surface area contributed by atoms with Crippen molar-refractivity contribution in [2.24, 2.45) is 0 Å². The lowest BCUT2D eigenvalue weighted by Gasteiger charge is -2.26. The molecular weight excluding hydrogens is 601 g/mol. The largest absolute Gasteiger partial charge is 0.0616 e. The molecule has 10 aromatic carbocycles. The van der Waals surface area contributed by atoms with E-state index in [0.717, 1.165) is 0 Å². The van der Waals surface area contributed by atoms with Crippen LogP contribution in [0.15, 0.2) is 164 Å². The first-order valence-corrected chi connectivity index (χ1v) is 17.7. The van der Waals surface area contributed by atoms with Gasteiger partial charge in [0, 0.05) is 0 Å². The molecule has 0 heteroatoms. The Morgan fingerprint density at radius 2 is 0.860 bits per heavy atom. The summed E-state index contributed by atoms with van der Waals surface area (Å²) in [6.45, 7) is 7.05. The van der Waals surface area contributed by atoms with Gasteiger partial charge in [-0.3, -0.25) is 0 Å². The molecule has 0 amide bonds. The molecule has 0 heterocycles. The normalized spacial score (nSPS) is 12.3. The van der Waals surface area contributed by atoms with Crippen molar-refractivity contribution in [1.82, 2.24) is 0 Å². The van der Waals surface area contributed by atoms with Crippen molar-refractivity contribution in [2.45, 2.75) is 26.2 Å². The van der Waals surface area contributed by atoms with E-state index < -0.39 is 0 Å². The van der Waals surface area contributed by atoms with Crippen molar-refractivity contribution >= 4 is 64.6 Å². The van der Waals surface area contributed by atoms with Crippen LogP contribution in [0.1, 0.15) is 26.3 Å². The van der Waals surface area contributed by atoms with Crippen LogP contribution in [-0.4, -0.2) is 0 Å². The zero-order valence-corrected chi connectivity index (χ0v) is 28.6. The minimum absolute atomic E-state index is 0.0444. The summed E-state index contributed by atoms with van der Waals surface area (Å²) in [5.41, 5.74) is 8.92. The van der Waals surface area contributed by atoms with Gasteiger partial charge in [-0.05, 0) is 121 Å². The van der Waals surface area contributed by atoms with Gasteiger partial charge in [0.05, 0.1) is 0 Å². The number of benzene rings is 10. The van der Waals surface area contributed by atoms with E-state index in [1.54, 1.807) is 0 Å². The van der Waals surface area contributed by atoms with E-state index in [9.17, 15) is 0 Å². The average molecular weight is 637 g/mol. The zero-order chi connectivity index (χ0) is 33.6. The van der Waals surface area contributed by atoms with Crippen LogP contribution >= 0.6 is 0 Å². The minimum Gasteiger partial charge on any atom is -0.0616 e. The second-order valence-electron chi connectivity index (χ2n) is 14.9. The molecule has 0 aliphatic carbocycles. The minimum atomic E-state index is -0.0444. The van der Waals surface area contributed by atoms with E-state index in [2.05, 4.69) is 185 Å². The molecule has 0 aliphatic rings. The highest BCUT2D eigenvalue weighted by molar-refractivity contribution is 6.25. The fourth-order valence-electron chi connectivity index (χ4n) is 8.65. The Labute approximate surface area is 292 Å². The molecule has 236 valence electrons. The van der Waals surface area contributed by atoms with E-state index in [1.807, 2.05) is 0 Å². The smallest absolute Gasteiger partial charge is 0.00206 e. The average Bonchev–Trinajstić information content (AvgIpc) is 3.15. The third-order valence-electron chi connectivity index (χ3n) is 10.9. The summed E-state index contributed by atoms with van der Waals surface area (Å²) < 4.78 is 0. The molecule has 0 unspecified atom stereocenters. The van der Waals surface area contributed by atoms with Crippen LogP contribution in [0, 0.1) is 0 Å². The lowest BCUT2D eigenvalue weighted by molar-refractivity contribution is 0.601. The van der Waals surface area contributed by atoms with Crippen molar-refractivity contribution < 1.29 is 0 Å². The lowest BCUT2D eigenvalue weighted by atomic mass is 9.77. The van der Waals surface area contributed by atoms with Crippen LogP contribution in [0.5, 0.6) is 0 Å². The van der Waals surface area contributed by atoms with Gasteiger partial charge in [0.15, 0.2) is 0 Å². The predicted molar refractivity (Wildman–Crippen MR) is 218 cm³/mol. The van der Waals surface area contributed by atoms with E-state index in [0.29, 0.717) is 0 Å². The van der Waals surface area contributed by atoms with E-state index >= 15 is 0 Å². The fourth-order valence-corrected chi connectivity index (χ4v) is 8.65. The highest BCUT2D eigenvalue weighted by Gasteiger charge is 2.24. The first-order chi connectivity index (χ1) is 24.4. The summed E-state index contributed by atoms with van der Waals surface area (Å²) in [4.78, 5) is 0. The van der Waals surface area contributed by atoms with Crippen LogP contribution in [0.25, 0.3) is 98.0 Å². The predicted octanol–water partition coefficient (Wildman–Crippen LogP) is 14.3. The summed E-state index contributed by atoms with van der Waals surface area (Å²) in [6.07, 6.45) is 0. The second kappa shape index (κ2) is 10.8. The highest BCUT2D eigenvalue weighted by Crippen LogP contribution is 2.46. The molecule has 0 fully saturated rings. The topological polar surface area (TPSA) is 0 Å². The maximum Gasteiger partial charge on any atom is -0.00206 e. The first kappa shape index (κ1) is 29.0. The van der Waals surface area contributed by atoms with Gasteiger partial charge in [-0.25, -0.2) is 0 Å².